The quantitative estimate of drug-likeness (QED) is 0.588. The molecule has 0 heterocycles. The number of alkyl carbamates (subject to hydrolysis) is 1. The number of carbonyl (C=O) groups is 2. The van der Waals surface area contributed by atoms with Gasteiger partial charge in [0.05, 0.1) is 6.07 Å². The normalized spacial score (nSPS) is 14.5. The molecule has 0 aromatic heterocycles. The third-order valence-electron chi connectivity index (χ3n) is 2.08. The molecule has 0 bridgehead atoms. The van der Waals surface area contributed by atoms with Crippen LogP contribution in [-0.4, -0.2) is 28.3 Å². The van der Waals surface area contributed by atoms with Gasteiger partial charge in [0.25, 0.3) is 0 Å². The van der Waals surface area contributed by atoms with Gasteiger partial charge >= 0.3 is 12.1 Å². The van der Waals surface area contributed by atoms with E-state index in [0.29, 0.717) is 12.8 Å². The maximum Gasteiger partial charge on any atom is 0.408 e. The molecule has 1 amide bonds. The molecule has 0 aliphatic carbocycles. The van der Waals surface area contributed by atoms with Crippen LogP contribution in [0.2, 0.25) is 0 Å². The summed E-state index contributed by atoms with van der Waals surface area (Å²) in [7, 11) is 0. The lowest BCUT2D eigenvalue weighted by Crippen LogP contribution is -2.52. The molecule has 0 aliphatic heterocycles. The molecule has 2 N–H and O–H groups in total. The number of hydrogen-bond donors (Lipinski definition) is 2. The monoisotopic (exact) mass is 268 g/mol. The highest BCUT2D eigenvalue weighted by Gasteiger charge is 2.33. The zero-order valence-electron chi connectivity index (χ0n) is 11.7. The molecular weight excluding hydrogens is 248 g/mol. The Kier molecular flexibility index (Phi) is 6.06. The number of nitrogens with zero attached hydrogens (tertiary/aromatic N) is 1. The van der Waals surface area contributed by atoms with Crippen molar-refractivity contribution in [2.75, 3.05) is 0 Å². The molecule has 106 valence electrons. The Hall–Kier alpha value is -2.03. The van der Waals surface area contributed by atoms with E-state index in [1.165, 1.54) is 13.0 Å². The Bertz CT molecular complexity index is 404. The minimum Gasteiger partial charge on any atom is -0.479 e. The van der Waals surface area contributed by atoms with Gasteiger partial charge in [-0.3, -0.25) is 0 Å². The zero-order chi connectivity index (χ0) is 15.1. The van der Waals surface area contributed by atoms with Crippen molar-refractivity contribution in [3.05, 3.63) is 12.2 Å². The van der Waals surface area contributed by atoms with E-state index in [2.05, 4.69) is 5.32 Å². The van der Waals surface area contributed by atoms with E-state index in [-0.39, 0.29) is 0 Å². The largest absolute Gasteiger partial charge is 0.479 e. The molecule has 0 fully saturated rings. The Labute approximate surface area is 113 Å². The van der Waals surface area contributed by atoms with Crippen molar-refractivity contribution >= 4 is 12.1 Å². The van der Waals surface area contributed by atoms with E-state index >= 15 is 0 Å². The van der Waals surface area contributed by atoms with E-state index < -0.39 is 23.2 Å². The number of rotatable bonds is 5. The van der Waals surface area contributed by atoms with Crippen LogP contribution < -0.4 is 5.32 Å². The average Bonchev–Trinajstić information content (AvgIpc) is 2.21. The molecule has 6 nitrogen and oxygen atoms in total. The number of nitrogens with one attached hydrogen (secondary N) is 1. The summed E-state index contributed by atoms with van der Waals surface area (Å²) in [6.07, 6.45) is 2.81. The number of amides is 1. The summed E-state index contributed by atoms with van der Waals surface area (Å²) in [5, 5.41) is 19.8. The lowest BCUT2D eigenvalue weighted by atomic mass is 10.0. The molecule has 0 rings (SSSR count). The summed E-state index contributed by atoms with van der Waals surface area (Å²) < 4.78 is 5.01. The standard InChI is InChI=1S/C13H20N2O4/c1-12(2,3)19-11(18)15-13(4,10(16)17)8-6-5-7-9-14/h6,8H,5,7H2,1-4H3,(H,15,18)(H,16,17)/b8-6-/t13-/m1/s1. The molecule has 19 heavy (non-hydrogen) atoms. The number of unbranched alkanes of at least 4 members (excludes halogenated alkanes) is 1. The van der Waals surface area contributed by atoms with Gasteiger partial charge in [-0.2, -0.15) is 5.26 Å². The zero-order valence-corrected chi connectivity index (χ0v) is 11.7. The maximum absolute atomic E-state index is 11.6. The summed E-state index contributed by atoms with van der Waals surface area (Å²) >= 11 is 0. The van der Waals surface area contributed by atoms with Crippen molar-refractivity contribution in [3.8, 4) is 6.07 Å². The second-order valence-corrected chi connectivity index (χ2v) is 5.23. The maximum atomic E-state index is 11.6. The number of carboxylic acids is 1. The van der Waals surface area contributed by atoms with Crippen molar-refractivity contribution in [1.29, 1.82) is 5.26 Å². The topological polar surface area (TPSA) is 99.4 Å². The Balaban J connectivity index is 4.73. The molecule has 1 atom stereocenters. The van der Waals surface area contributed by atoms with Gasteiger partial charge in [0, 0.05) is 6.42 Å². The first-order valence-corrected chi connectivity index (χ1v) is 5.90. The fourth-order valence-electron chi connectivity index (χ4n) is 1.15. The number of carboxylic acid groups (broad SMARTS) is 1. The molecular formula is C13H20N2O4. The molecule has 0 unspecified atom stereocenters. The van der Waals surface area contributed by atoms with Crippen molar-refractivity contribution < 1.29 is 19.4 Å². The van der Waals surface area contributed by atoms with Gasteiger partial charge in [-0.05, 0) is 34.1 Å². The number of nitriles is 1. The lowest BCUT2D eigenvalue weighted by Gasteiger charge is -2.26. The number of allylic oxidation sites excluding steroid dienone is 1. The van der Waals surface area contributed by atoms with Crippen LogP contribution in [0.1, 0.15) is 40.5 Å². The summed E-state index contributed by atoms with van der Waals surface area (Å²) in [6, 6.07) is 1.94. The molecule has 0 aliphatic rings. The van der Waals surface area contributed by atoms with Crippen molar-refractivity contribution in [3.63, 3.8) is 0 Å². The molecule has 0 radical (unpaired) electrons. The number of carbonyl (C=O) groups excluding carboxylic acids is 1. The average molecular weight is 268 g/mol. The van der Waals surface area contributed by atoms with Crippen LogP contribution >= 0.6 is 0 Å². The van der Waals surface area contributed by atoms with Gasteiger partial charge in [-0.25, -0.2) is 9.59 Å². The lowest BCUT2D eigenvalue weighted by molar-refractivity contribution is -0.142. The minimum absolute atomic E-state index is 0.290. The predicted molar refractivity (Wildman–Crippen MR) is 69.4 cm³/mol. The van der Waals surface area contributed by atoms with Gasteiger partial charge < -0.3 is 15.2 Å². The van der Waals surface area contributed by atoms with Crippen LogP contribution in [0.5, 0.6) is 0 Å². The van der Waals surface area contributed by atoms with E-state index in [1.807, 2.05) is 6.07 Å². The van der Waals surface area contributed by atoms with E-state index in [0.717, 1.165) is 0 Å². The second-order valence-electron chi connectivity index (χ2n) is 5.23. The SMILES string of the molecule is CC(C)(C)OC(=O)N[C@](C)(/C=C\CCC#N)C(=O)O. The van der Waals surface area contributed by atoms with Crippen molar-refractivity contribution in [2.45, 2.75) is 51.7 Å². The first-order chi connectivity index (χ1) is 8.60. The van der Waals surface area contributed by atoms with Crippen LogP contribution in [-0.2, 0) is 9.53 Å². The molecule has 6 heteroatoms. The highest BCUT2D eigenvalue weighted by Crippen LogP contribution is 2.12. The van der Waals surface area contributed by atoms with Crippen LogP contribution in [0.15, 0.2) is 12.2 Å². The number of hydrogen-bond acceptors (Lipinski definition) is 4. The summed E-state index contributed by atoms with van der Waals surface area (Å²) in [5.74, 6) is -1.20. The highest BCUT2D eigenvalue weighted by atomic mass is 16.6. The van der Waals surface area contributed by atoms with E-state index in [1.54, 1.807) is 26.8 Å². The van der Waals surface area contributed by atoms with Crippen molar-refractivity contribution in [2.24, 2.45) is 0 Å². The second kappa shape index (κ2) is 6.78. The van der Waals surface area contributed by atoms with Crippen LogP contribution in [0, 0.1) is 11.3 Å². The van der Waals surface area contributed by atoms with Crippen LogP contribution in [0.25, 0.3) is 0 Å². The molecule has 0 spiro atoms. The molecule has 0 aromatic rings. The van der Waals surface area contributed by atoms with E-state index in [4.69, 9.17) is 15.1 Å². The summed E-state index contributed by atoms with van der Waals surface area (Å²) in [6.45, 7) is 6.41. The third kappa shape index (κ3) is 7.09. The smallest absolute Gasteiger partial charge is 0.408 e. The predicted octanol–water partition coefficient (Wildman–Crippen LogP) is 2.21. The Morgan fingerprint density at radius 1 is 1.37 bits per heavy atom. The van der Waals surface area contributed by atoms with Gasteiger partial charge in [0.1, 0.15) is 5.60 Å². The third-order valence-corrected chi connectivity index (χ3v) is 2.08. The van der Waals surface area contributed by atoms with Crippen LogP contribution in [0.4, 0.5) is 4.79 Å². The fraction of sp³-hybridized carbons (Fsp3) is 0.615. The summed E-state index contributed by atoms with van der Waals surface area (Å²) in [5.41, 5.74) is -2.26. The van der Waals surface area contributed by atoms with Gasteiger partial charge in [-0.15, -0.1) is 0 Å². The Morgan fingerprint density at radius 3 is 2.37 bits per heavy atom. The van der Waals surface area contributed by atoms with Gasteiger partial charge in [0.2, 0.25) is 0 Å². The van der Waals surface area contributed by atoms with Gasteiger partial charge in [-0.1, -0.05) is 12.2 Å². The van der Waals surface area contributed by atoms with Gasteiger partial charge in [0.15, 0.2) is 5.54 Å². The highest BCUT2D eigenvalue weighted by molar-refractivity contribution is 5.86. The van der Waals surface area contributed by atoms with Crippen molar-refractivity contribution in [1.82, 2.24) is 5.32 Å². The van der Waals surface area contributed by atoms with E-state index in [9.17, 15) is 9.59 Å². The minimum atomic E-state index is -1.56. The first kappa shape index (κ1) is 17.0. The fourth-order valence-corrected chi connectivity index (χ4v) is 1.15. The Morgan fingerprint density at radius 2 is 1.95 bits per heavy atom. The number of aliphatic carboxylic acids is 1. The molecule has 0 saturated carbocycles. The molecule has 0 saturated heterocycles. The number of ether oxygens (including phenoxy) is 1. The first-order valence-electron chi connectivity index (χ1n) is 5.90. The van der Waals surface area contributed by atoms with Crippen LogP contribution in [0.3, 0.4) is 0 Å². The summed E-state index contributed by atoms with van der Waals surface area (Å²) in [4.78, 5) is 22.8. The molecule has 0 aromatic carbocycles.